The van der Waals surface area contributed by atoms with Gasteiger partial charge in [-0.25, -0.2) is 0 Å². The first-order valence-corrected chi connectivity index (χ1v) is 7.09. The molecule has 1 aromatic heterocycles. The summed E-state index contributed by atoms with van der Waals surface area (Å²) in [6.45, 7) is 4.19. The summed E-state index contributed by atoms with van der Waals surface area (Å²) in [5, 5.41) is 0. The Bertz CT molecular complexity index is 701. The molecule has 1 saturated heterocycles. The fourth-order valence-corrected chi connectivity index (χ4v) is 2.73. The lowest BCUT2D eigenvalue weighted by Crippen LogP contribution is -2.37. The van der Waals surface area contributed by atoms with Gasteiger partial charge in [-0.3, -0.25) is 4.90 Å². The Labute approximate surface area is 121 Å². The van der Waals surface area contributed by atoms with E-state index >= 15 is 0 Å². The van der Waals surface area contributed by atoms with Crippen LogP contribution in [0.5, 0.6) is 0 Å². The molecule has 1 aromatic carbocycles. The summed E-state index contributed by atoms with van der Waals surface area (Å²) in [5.41, 5.74) is 2.11. The quantitative estimate of drug-likeness (QED) is 0.863. The van der Waals surface area contributed by atoms with Gasteiger partial charge in [0.2, 0.25) is 0 Å². The van der Waals surface area contributed by atoms with Crippen molar-refractivity contribution in [1.82, 2.24) is 14.5 Å². The van der Waals surface area contributed by atoms with Crippen LogP contribution in [0.4, 0.5) is 0 Å². The minimum absolute atomic E-state index is 0.627. The lowest BCUT2D eigenvalue weighted by atomic mass is 10.3. The zero-order valence-electron chi connectivity index (χ0n) is 10.5. The molecule has 2 heterocycles. The van der Waals surface area contributed by atoms with E-state index in [9.17, 15) is 0 Å². The maximum atomic E-state index is 5.46. The Morgan fingerprint density at radius 1 is 1.16 bits per heavy atom. The van der Waals surface area contributed by atoms with Gasteiger partial charge in [0.05, 0.1) is 30.9 Å². The monoisotopic (exact) mass is 293 g/mol. The highest BCUT2D eigenvalue weighted by atomic mass is 32.1. The second kappa shape index (κ2) is 5.50. The SMILES string of the molecule is S=c1[nH]c2ccccc2n(CN2CCOCC2)c1=S. The number of rotatable bonds is 2. The molecule has 19 heavy (non-hydrogen) atoms. The Hall–Kier alpha value is -1.08. The van der Waals surface area contributed by atoms with E-state index in [2.05, 4.69) is 20.5 Å². The topological polar surface area (TPSA) is 33.2 Å². The molecule has 3 rings (SSSR count). The lowest BCUT2D eigenvalue weighted by Gasteiger charge is -2.28. The molecule has 0 spiro atoms. The van der Waals surface area contributed by atoms with Gasteiger partial charge in [0, 0.05) is 13.1 Å². The van der Waals surface area contributed by atoms with Crippen LogP contribution in [-0.2, 0) is 11.4 Å². The van der Waals surface area contributed by atoms with Crippen molar-refractivity contribution in [2.45, 2.75) is 6.67 Å². The summed E-state index contributed by atoms with van der Waals surface area (Å²) in [7, 11) is 0. The number of H-pyrrole nitrogens is 1. The fourth-order valence-electron chi connectivity index (χ4n) is 2.31. The van der Waals surface area contributed by atoms with E-state index in [4.69, 9.17) is 29.2 Å². The molecule has 0 bridgehead atoms. The van der Waals surface area contributed by atoms with Crippen LogP contribution in [0.25, 0.3) is 11.0 Å². The summed E-state index contributed by atoms with van der Waals surface area (Å²) < 4.78 is 8.80. The van der Waals surface area contributed by atoms with Crippen LogP contribution in [0.15, 0.2) is 24.3 Å². The Morgan fingerprint density at radius 2 is 1.89 bits per heavy atom. The Kier molecular flexibility index (Phi) is 3.74. The maximum absolute atomic E-state index is 5.46. The predicted octanol–water partition coefficient (Wildman–Crippen LogP) is 2.72. The van der Waals surface area contributed by atoms with Crippen LogP contribution in [0.1, 0.15) is 0 Å². The first-order chi connectivity index (χ1) is 9.25. The van der Waals surface area contributed by atoms with Gasteiger partial charge in [0.1, 0.15) is 9.28 Å². The van der Waals surface area contributed by atoms with Gasteiger partial charge in [-0.05, 0) is 12.1 Å². The van der Waals surface area contributed by atoms with E-state index in [-0.39, 0.29) is 0 Å². The summed E-state index contributed by atoms with van der Waals surface area (Å²) in [4.78, 5) is 5.52. The van der Waals surface area contributed by atoms with E-state index in [0.29, 0.717) is 9.28 Å². The highest BCUT2D eigenvalue weighted by molar-refractivity contribution is 7.73. The second-order valence-corrected chi connectivity index (χ2v) is 5.37. The van der Waals surface area contributed by atoms with E-state index in [1.54, 1.807) is 0 Å². The number of para-hydroxylation sites is 2. The molecule has 1 aliphatic heterocycles. The molecule has 0 saturated carbocycles. The largest absolute Gasteiger partial charge is 0.379 e. The third-order valence-corrected chi connectivity index (χ3v) is 4.18. The van der Waals surface area contributed by atoms with E-state index in [1.165, 1.54) is 0 Å². The standard InChI is InChI=1S/C13H15N3OS2/c18-12-13(19)16(9-15-5-7-17-8-6-15)11-4-2-1-3-10(11)14-12/h1-4H,5-9H2,(H,14,18). The van der Waals surface area contributed by atoms with Crippen LogP contribution in [0, 0.1) is 9.28 Å². The normalized spacial score (nSPS) is 16.8. The van der Waals surface area contributed by atoms with Crippen LogP contribution in [-0.4, -0.2) is 40.8 Å². The number of nitrogens with zero attached hydrogens (tertiary/aromatic N) is 2. The average Bonchev–Trinajstić information content (AvgIpc) is 2.45. The van der Waals surface area contributed by atoms with Crippen molar-refractivity contribution in [3.8, 4) is 0 Å². The molecule has 4 nitrogen and oxygen atoms in total. The third-order valence-electron chi connectivity index (χ3n) is 3.33. The number of nitrogens with one attached hydrogen (secondary N) is 1. The molecule has 0 unspecified atom stereocenters. The third kappa shape index (κ3) is 2.62. The van der Waals surface area contributed by atoms with Crippen LogP contribution in [0.3, 0.4) is 0 Å². The maximum Gasteiger partial charge on any atom is 0.142 e. The molecule has 0 aliphatic carbocycles. The Morgan fingerprint density at radius 3 is 2.68 bits per heavy atom. The first-order valence-electron chi connectivity index (χ1n) is 6.28. The van der Waals surface area contributed by atoms with Crippen molar-refractivity contribution in [2.24, 2.45) is 0 Å². The van der Waals surface area contributed by atoms with Crippen molar-refractivity contribution in [2.75, 3.05) is 26.3 Å². The van der Waals surface area contributed by atoms with E-state index in [0.717, 1.165) is 44.0 Å². The molecular formula is C13H15N3OS2. The number of aromatic amines is 1. The van der Waals surface area contributed by atoms with Gasteiger partial charge in [-0.1, -0.05) is 36.6 Å². The van der Waals surface area contributed by atoms with Crippen molar-refractivity contribution >= 4 is 35.5 Å². The number of hydrogen-bond acceptors (Lipinski definition) is 4. The molecule has 2 aromatic rings. The molecule has 6 heteroatoms. The second-order valence-electron chi connectivity index (χ2n) is 4.58. The fraction of sp³-hybridized carbons (Fsp3) is 0.385. The summed E-state index contributed by atoms with van der Waals surface area (Å²) in [6.07, 6.45) is 0. The molecule has 1 N–H and O–H groups in total. The van der Waals surface area contributed by atoms with Crippen molar-refractivity contribution in [3.05, 3.63) is 33.5 Å². The van der Waals surface area contributed by atoms with E-state index in [1.807, 2.05) is 18.2 Å². The smallest absolute Gasteiger partial charge is 0.142 e. The molecule has 0 atom stereocenters. The highest BCUT2D eigenvalue weighted by Gasteiger charge is 2.12. The summed E-state index contributed by atoms with van der Waals surface area (Å²) >= 11 is 10.8. The van der Waals surface area contributed by atoms with Crippen molar-refractivity contribution in [1.29, 1.82) is 0 Å². The highest BCUT2D eigenvalue weighted by Crippen LogP contribution is 2.14. The van der Waals surface area contributed by atoms with Crippen molar-refractivity contribution in [3.63, 3.8) is 0 Å². The van der Waals surface area contributed by atoms with Gasteiger partial charge < -0.3 is 14.3 Å². The van der Waals surface area contributed by atoms with E-state index < -0.39 is 0 Å². The van der Waals surface area contributed by atoms with Gasteiger partial charge in [-0.15, -0.1) is 0 Å². The average molecular weight is 293 g/mol. The molecule has 0 radical (unpaired) electrons. The van der Waals surface area contributed by atoms with Gasteiger partial charge >= 0.3 is 0 Å². The Balaban J connectivity index is 2.08. The minimum Gasteiger partial charge on any atom is -0.379 e. The zero-order chi connectivity index (χ0) is 13.2. The molecule has 1 fully saturated rings. The molecule has 100 valence electrons. The van der Waals surface area contributed by atoms with Crippen LogP contribution < -0.4 is 0 Å². The lowest BCUT2D eigenvalue weighted by molar-refractivity contribution is 0.0238. The number of ether oxygens (including phenoxy) is 1. The van der Waals surface area contributed by atoms with Crippen LogP contribution >= 0.6 is 24.4 Å². The number of morpholine rings is 1. The summed E-state index contributed by atoms with van der Waals surface area (Å²) in [5.74, 6) is 0. The van der Waals surface area contributed by atoms with Crippen molar-refractivity contribution < 1.29 is 4.74 Å². The molecular weight excluding hydrogens is 278 g/mol. The summed E-state index contributed by atoms with van der Waals surface area (Å²) in [6, 6.07) is 8.10. The number of fused-ring (bicyclic) bond motifs is 1. The number of aromatic nitrogens is 2. The van der Waals surface area contributed by atoms with Gasteiger partial charge in [0.15, 0.2) is 0 Å². The predicted molar refractivity (Wildman–Crippen MR) is 80.3 cm³/mol. The van der Waals surface area contributed by atoms with Gasteiger partial charge in [0.25, 0.3) is 0 Å². The first kappa shape index (κ1) is 12.9. The number of hydrogen-bond donors (Lipinski definition) is 1. The minimum atomic E-state index is 0.627. The zero-order valence-corrected chi connectivity index (χ0v) is 12.1. The van der Waals surface area contributed by atoms with Gasteiger partial charge in [-0.2, -0.15) is 0 Å². The van der Waals surface area contributed by atoms with Crippen LogP contribution in [0.2, 0.25) is 0 Å². The molecule has 0 amide bonds. The number of benzene rings is 1. The molecule has 1 aliphatic rings.